The van der Waals surface area contributed by atoms with Crippen molar-refractivity contribution >= 4 is 17.8 Å². The minimum absolute atomic E-state index is 0.0836. The van der Waals surface area contributed by atoms with Crippen LogP contribution in [0.2, 0.25) is 0 Å². The number of carbonyl (C=O) groups excluding carboxylic acids is 3. The molecule has 3 aliphatic heterocycles. The van der Waals surface area contributed by atoms with Gasteiger partial charge in [0.2, 0.25) is 11.8 Å². The number of aliphatic hydroxyl groups excluding tert-OH is 1. The molecule has 4 rings (SSSR count). The van der Waals surface area contributed by atoms with Gasteiger partial charge in [0.15, 0.2) is 0 Å². The molecular formula is C35H50N2O6. The average Bonchev–Trinajstić information content (AvgIpc) is 3.52. The third-order valence-electron chi connectivity index (χ3n) is 9.90. The fourth-order valence-corrected chi connectivity index (χ4v) is 7.67. The maximum absolute atomic E-state index is 14.6. The van der Waals surface area contributed by atoms with Gasteiger partial charge in [-0.3, -0.25) is 14.4 Å². The van der Waals surface area contributed by atoms with Crippen LogP contribution in [0.3, 0.4) is 0 Å². The van der Waals surface area contributed by atoms with Gasteiger partial charge in [-0.1, -0.05) is 69.2 Å². The lowest BCUT2D eigenvalue weighted by Crippen LogP contribution is -2.59. The van der Waals surface area contributed by atoms with E-state index in [-0.39, 0.29) is 30.9 Å². The molecule has 3 fully saturated rings. The van der Waals surface area contributed by atoms with Gasteiger partial charge < -0.3 is 24.4 Å². The van der Waals surface area contributed by atoms with Crippen molar-refractivity contribution in [3.63, 3.8) is 0 Å². The topological polar surface area (TPSA) is 96.4 Å². The Kier molecular flexibility index (Phi) is 10.9. The van der Waals surface area contributed by atoms with Crippen molar-refractivity contribution in [2.45, 2.75) is 95.4 Å². The summed E-state index contributed by atoms with van der Waals surface area (Å²) in [6, 6.07) is 8.02. The number of esters is 1. The molecule has 0 aliphatic carbocycles. The van der Waals surface area contributed by atoms with Crippen LogP contribution in [0.5, 0.6) is 0 Å². The molecule has 8 heteroatoms. The molecule has 1 spiro atoms. The predicted molar refractivity (Wildman–Crippen MR) is 166 cm³/mol. The van der Waals surface area contributed by atoms with Crippen LogP contribution in [0.1, 0.15) is 71.3 Å². The van der Waals surface area contributed by atoms with Crippen molar-refractivity contribution < 1.29 is 29.0 Å². The van der Waals surface area contributed by atoms with Crippen LogP contribution >= 0.6 is 0 Å². The first-order chi connectivity index (χ1) is 20.7. The maximum atomic E-state index is 14.6. The number of nitrogens with zero attached hydrogens (tertiary/aromatic N) is 2. The number of hydrogen-bond acceptors (Lipinski definition) is 6. The largest absolute Gasteiger partial charge is 0.465 e. The second-order valence-electron chi connectivity index (χ2n) is 12.7. The first-order valence-electron chi connectivity index (χ1n) is 16.0. The van der Waals surface area contributed by atoms with Crippen LogP contribution in [0.4, 0.5) is 0 Å². The fourth-order valence-electron chi connectivity index (χ4n) is 7.67. The van der Waals surface area contributed by atoms with E-state index in [2.05, 4.69) is 20.1 Å². The second kappa shape index (κ2) is 14.2. The molecule has 0 radical (unpaired) electrons. The number of ether oxygens (including phenoxy) is 2. The monoisotopic (exact) mass is 594 g/mol. The number of hydrogen-bond donors (Lipinski definition) is 1. The molecule has 0 saturated carbocycles. The fraction of sp³-hybridized carbons (Fsp3) is 0.629. The summed E-state index contributed by atoms with van der Waals surface area (Å²) >= 11 is 0. The van der Waals surface area contributed by atoms with E-state index < -0.39 is 41.1 Å². The molecular weight excluding hydrogens is 544 g/mol. The number of aliphatic hydroxyl groups is 1. The van der Waals surface area contributed by atoms with E-state index in [1.165, 1.54) is 0 Å². The highest BCUT2D eigenvalue weighted by Gasteiger charge is 2.80. The summed E-state index contributed by atoms with van der Waals surface area (Å²) in [7, 11) is 0. The van der Waals surface area contributed by atoms with Crippen LogP contribution in [0.25, 0.3) is 0 Å². The van der Waals surface area contributed by atoms with Crippen molar-refractivity contribution in [3.8, 4) is 0 Å². The number of amides is 2. The number of fused-ring (bicyclic) bond motifs is 1. The lowest BCUT2D eigenvalue weighted by atomic mass is 9.62. The molecule has 0 aromatic heterocycles. The zero-order chi connectivity index (χ0) is 31.2. The summed E-state index contributed by atoms with van der Waals surface area (Å²) < 4.78 is 12.6. The van der Waals surface area contributed by atoms with E-state index in [4.69, 9.17) is 9.47 Å². The van der Waals surface area contributed by atoms with E-state index in [0.29, 0.717) is 32.4 Å². The smallest absolute Gasteiger partial charge is 0.312 e. The lowest BCUT2D eigenvalue weighted by molar-refractivity contribution is -0.163. The molecule has 1 N–H and O–H groups in total. The molecule has 3 saturated heterocycles. The van der Waals surface area contributed by atoms with Gasteiger partial charge in [0, 0.05) is 13.1 Å². The lowest BCUT2D eigenvalue weighted by Gasteiger charge is -2.39. The normalized spacial score (nSPS) is 29.8. The Morgan fingerprint density at radius 2 is 1.93 bits per heavy atom. The van der Waals surface area contributed by atoms with Crippen molar-refractivity contribution in [2.75, 3.05) is 26.3 Å². The molecule has 8 nitrogen and oxygen atoms in total. The van der Waals surface area contributed by atoms with Crippen LogP contribution in [-0.2, 0) is 30.3 Å². The van der Waals surface area contributed by atoms with Gasteiger partial charge in [-0.15, -0.1) is 13.2 Å². The maximum Gasteiger partial charge on any atom is 0.312 e. The van der Waals surface area contributed by atoms with E-state index in [0.717, 1.165) is 37.7 Å². The Morgan fingerprint density at radius 1 is 1.19 bits per heavy atom. The zero-order valence-electron chi connectivity index (χ0n) is 26.2. The highest BCUT2D eigenvalue weighted by atomic mass is 16.6. The molecule has 3 unspecified atom stereocenters. The first-order valence-corrected chi connectivity index (χ1v) is 16.0. The molecule has 2 bridgehead atoms. The van der Waals surface area contributed by atoms with Crippen molar-refractivity contribution in [1.29, 1.82) is 0 Å². The zero-order valence-corrected chi connectivity index (χ0v) is 26.2. The minimum atomic E-state index is -1.19. The van der Waals surface area contributed by atoms with Gasteiger partial charge >= 0.3 is 5.97 Å². The summed E-state index contributed by atoms with van der Waals surface area (Å²) in [6.45, 7) is 14.5. The van der Waals surface area contributed by atoms with Gasteiger partial charge in [-0.2, -0.15) is 0 Å². The highest BCUT2D eigenvalue weighted by molar-refractivity contribution is 5.98. The van der Waals surface area contributed by atoms with Crippen LogP contribution < -0.4 is 0 Å². The number of rotatable bonds is 17. The third-order valence-corrected chi connectivity index (χ3v) is 9.90. The van der Waals surface area contributed by atoms with Gasteiger partial charge in [0.05, 0.1) is 30.8 Å². The minimum Gasteiger partial charge on any atom is -0.465 e. The van der Waals surface area contributed by atoms with Crippen LogP contribution in [-0.4, -0.2) is 82.3 Å². The summed E-state index contributed by atoms with van der Waals surface area (Å²) in [5.41, 5.74) is -1.19. The number of likely N-dealkylation sites (tertiary alicyclic amines) is 1. The molecule has 3 aliphatic rings. The molecule has 1 aromatic rings. The standard InChI is InChI=1S/C35H50N2O6/c1-6-9-11-16-21-42-33(41)29-28-31(39)37(27(24-38)22-26-17-13-12-14-18-26)30(35(28)23-25(4)34(29,5)43-35)32(40)36(19-8-3)20-15-10-7-2/h6,8,12-14,17-18,25,27-30,38H,1,3,7,9-11,15-16,19-24H2,2,4-5H3/t25?,27-,28+,29+,30?,34-,35?/m1/s1. The van der Waals surface area contributed by atoms with Gasteiger partial charge in [-0.25, -0.2) is 0 Å². The Balaban J connectivity index is 1.74. The van der Waals surface area contributed by atoms with Gasteiger partial charge in [0.1, 0.15) is 17.6 Å². The molecule has 2 amide bonds. The number of benzene rings is 1. The second-order valence-corrected chi connectivity index (χ2v) is 12.7. The third kappa shape index (κ3) is 6.18. The van der Waals surface area contributed by atoms with Gasteiger partial charge in [0.25, 0.3) is 0 Å². The molecule has 3 heterocycles. The molecule has 1 aromatic carbocycles. The average molecular weight is 595 g/mol. The Morgan fingerprint density at radius 3 is 2.58 bits per heavy atom. The highest BCUT2D eigenvalue weighted by Crippen LogP contribution is 2.65. The first kappa shape index (κ1) is 32.9. The van der Waals surface area contributed by atoms with Crippen LogP contribution in [0, 0.1) is 17.8 Å². The summed E-state index contributed by atoms with van der Waals surface area (Å²) in [5, 5.41) is 10.7. The van der Waals surface area contributed by atoms with Crippen molar-refractivity contribution in [1.82, 2.24) is 9.80 Å². The van der Waals surface area contributed by atoms with E-state index >= 15 is 0 Å². The van der Waals surface area contributed by atoms with Gasteiger partial charge in [-0.05, 0) is 56.9 Å². The SMILES string of the molecule is C=CCCCCOC(=O)[C@@H]1[C@H]2C(=O)N([C@@H](CO)Cc3ccccc3)C(C(=O)N(CC=C)CCCCC)C23CC(C)[C@@]1(C)O3. The van der Waals surface area contributed by atoms with E-state index in [1.807, 2.05) is 50.3 Å². The summed E-state index contributed by atoms with van der Waals surface area (Å²) in [4.78, 5) is 46.4. The summed E-state index contributed by atoms with van der Waals surface area (Å²) in [6.07, 6.45) is 9.60. The summed E-state index contributed by atoms with van der Waals surface area (Å²) in [5.74, 6) is -2.77. The Bertz CT molecular complexity index is 1160. The number of allylic oxidation sites excluding steroid dienone is 1. The van der Waals surface area contributed by atoms with E-state index in [1.54, 1.807) is 15.9 Å². The quantitative estimate of drug-likeness (QED) is 0.160. The van der Waals surface area contributed by atoms with E-state index in [9.17, 15) is 19.5 Å². The molecule has 43 heavy (non-hydrogen) atoms. The Hall–Kier alpha value is -2.97. The van der Waals surface area contributed by atoms with Crippen molar-refractivity contribution in [3.05, 3.63) is 61.2 Å². The van der Waals surface area contributed by atoms with Crippen molar-refractivity contribution in [2.24, 2.45) is 17.8 Å². The molecule has 236 valence electrons. The molecule has 7 atom stereocenters. The predicted octanol–water partition coefficient (Wildman–Crippen LogP) is 4.71. The number of carbonyl (C=O) groups is 3. The number of unbranched alkanes of at least 4 members (excludes halogenated alkanes) is 4. The van der Waals surface area contributed by atoms with Crippen LogP contribution in [0.15, 0.2) is 55.6 Å². The Labute approximate surface area is 257 Å².